The molecule has 2 aliphatic heterocycles. The molecule has 0 unspecified atom stereocenters. The molecule has 0 spiro atoms. The van der Waals surface area contributed by atoms with Gasteiger partial charge in [0, 0.05) is 16.0 Å². The summed E-state index contributed by atoms with van der Waals surface area (Å²) in [5.74, 6) is -7.68. The number of carbonyl (C=O) groups is 4. The molecule has 39 heavy (non-hydrogen) atoms. The number of anilines is 1. The van der Waals surface area contributed by atoms with Gasteiger partial charge in [0.1, 0.15) is 0 Å². The molecule has 2 heterocycles. The molecule has 202 valence electrons. The summed E-state index contributed by atoms with van der Waals surface area (Å²) in [6.45, 7) is 0. The summed E-state index contributed by atoms with van der Waals surface area (Å²) < 4.78 is 15.4. The Balaban J connectivity index is 1.53. The molecule has 2 aromatic carbocycles. The normalized spacial score (nSPS) is 33.7. The molecular weight excluding hydrogens is 682 g/mol. The predicted molar refractivity (Wildman–Crippen MR) is 148 cm³/mol. The van der Waals surface area contributed by atoms with Crippen molar-refractivity contribution in [3.05, 3.63) is 70.0 Å². The van der Waals surface area contributed by atoms with E-state index in [2.05, 4.69) is 31.9 Å². The molecule has 0 aromatic heterocycles. The number of rotatable bonds is 3. The van der Waals surface area contributed by atoms with Crippen molar-refractivity contribution in [2.45, 2.75) is 28.5 Å². The van der Waals surface area contributed by atoms with E-state index in [1.165, 1.54) is 12.1 Å². The second-order valence-corrected chi connectivity index (χ2v) is 12.8. The van der Waals surface area contributed by atoms with E-state index in [4.69, 9.17) is 23.2 Å². The SMILES string of the molecule is O=C1[C@H]2[C@H](CC=C3[C@H]2C[C@@]2(Cl)C(=O)N(CBr)C(=O)[C@@]2(Cl)[C@H]3c2cccc(F)c2O)C(=O)N1c1ccc(Br)cc1. The van der Waals surface area contributed by atoms with Gasteiger partial charge in [-0.15, -0.1) is 23.2 Å². The van der Waals surface area contributed by atoms with Crippen LogP contribution < -0.4 is 4.90 Å². The molecule has 0 bridgehead atoms. The van der Waals surface area contributed by atoms with Gasteiger partial charge >= 0.3 is 0 Å². The second kappa shape index (κ2) is 9.12. The fourth-order valence-electron chi connectivity index (χ4n) is 6.71. The zero-order valence-corrected chi connectivity index (χ0v) is 24.6. The van der Waals surface area contributed by atoms with Gasteiger partial charge in [-0.05, 0) is 49.1 Å². The molecule has 1 saturated carbocycles. The van der Waals surface area contributed by atoms with Crippen LogP contribution in [0.1, 0.15) is 24.3 Å². The van der Waals surface area contributed by atoms with Crippen LogP contribution in [0, 0.1) is 23.6 Å². The van der Waals surface area contributed by atoms with Gasteiger partial charge < -0.3 is 5.11 Å². The molecule has 7 nitrogen and oxygen atoms in total. The monoisotopic (exact) mass is 698 g/mol. The smallest absolute Gasteiger partial charge is 0.254 e. The van der Waals surface area contributed by atoms with Crippen LogP contribution in [0.4, 0.5) is 10.1 Å². The number of phenolic OH excluding ortho intramolecular Hbond substituents is 1. The van der Waals surface area contributed by atoms with E-state index in [1.807, 2.05) is 0 Å². The van der Waals surface area contributed by atoms with Gasteiger partial charge in [0.25, 0.3) is 11.8 Å². The maximum atomic E-state index is 14.6. The van der Waals surface area contributed by atoms with Crippen LogP contribution in [-0.4, -0.2) is 48.8 Å². The zero-order valence-electron chi connectivity index (χ0n) is 19.9. The molecule has 6 atom stereocenters. The summed E-state index contributed by atoms with van der Waals surface area (Å²) in [6, 6.07) is 10.6. The first-order chi connectivity index (χ1) is 18.5. The minimum absolute atomic E-state index is 0.0245. The number of phenols is 1. The summed E-state index contributed by atoms with van der Waals surface area (Å²) in [4.78, 5) is 52.6. The zero-order chi connectivity index (χ0) is 28.0. The number of alkyl halides is 3. The lowest BCUT2D eigenvalue weighted by molar-refractivity contribution is -0.138. The van der Waals surface area contributed by atoms with Crippen LogP contribution in [0.2, 0.25) is 0 Å². The number of hydrogen-bond donors (Lipinski definition) is 1. The molecule has 2 saturated heterocycles. The summed E-state index contributed by atoms with van der Waals surface area (Å²) in [7, 11) is 0. The van der Waals surface area contributed by atoms with Gasteiger partial charge in [0.2, 0.25) is 11.8 Å². The van der Waals surface area contributed by atoms with Crippen LogP contribution in [0.3, 0.4) is 0 Å². The van der Waals surface area contributed by atoms with Crippen molar-refractivity contribution in [2.75, 3.05) is 10.4 Å². The minimum atomic E-state index is -2.11. The van der Waals surface area contributed by atoms with E-state index in [-0.39, 0.29) is 29.8 Å². The van der Waals surface area contributed by atoms with Gasteiger partial charge in [-0.3, -0.25) is 29.0 Å². The first-order valence-electron chi connectivity index (χ1n) is 12.1. The highest BCUT2D eigenvalue weighted by molar-refractivity contribution is 9.10. The number of hydrogen-bond acceptors (Lipinski definition) is 5. The van der Waals surface area contributed by atoms with Crippen LogP contribution in [-0.2, 0) is 19.2 Å². The van der Waals surface area contributed by atoms with Crippen LogP contribution in [0.15, 0.2) is 58.6 Å². The lowest BCUT2D eigenvalue weighted by Crippen LogP contribution is -2.60. The molecule has 2 aromatic rings. The predicted octanol–water partition coefficient (Wildman–Crippen LogP) is 5.21. The third-order valence-corrected chi connectivity index (χ3v) is 10.9. The third kappa shape index (κ3) is 3.44. The number of para-hydroxylation sites is 1. The standard InChI is InChI=1S/C27H19Br2Cl2FN2O5/c28-11-33-24(38)26(30)10-17-14(20(27(26,31)25(33)39)16-2-1-3-18(32)21(16)35)8-9-15-19(17)23(37)34(22(15)36)13-6-4-12(29)5-7-13/h1-8,15,17,19-20,35H,9-11H2/t15-,17+,19-,20+,26+,27-/m0/s1. The molecule has 2 aliphatic carbocycles. The number of fused-ring (bicyclic) bond motifs is 4. The summed E-state index contributed by atoms with van der Waals surface area (Å²) in [5.41, 5.74) is 0.674. The van der Waals surface area contributed by atoms with Crippen LogP contribution >= 0.6 is 55.1 Å². The van der Waals surface area contributed by atoms with Crippen molar-refractivity contribution < 1.29 is 28.7 Å². The van der Waals surface area contributed by atoms with Crippen molar-refractivity contribution in [3.8, 4) is 5.75 Å². The molecule has 4 amide bonds. The van der Waals surface area contributed by atoms with Crippen molar-refractivity contribution in [2.24, 2.45) is 17.8 Å². The Morgan fingerprint density at radius 1 is 1.00 bits per heavy atom. The van der Waals surface area contributed by atoms with Crippen LogP contribution in [0.5, 0.6) is 5.75 Å². The number of nitrogens with zero attached hydrogens (tertiary/aromatic N) is 2. The summed E-state index contributed by atoms with van der Waals surface area (Å²) in [5, 5.41) is 10.8. The second-order valence-electron chi connectivity index (χ2n) is 10.2. The molecule has 1 N–H and O–H groups in total. The fraction of sp³-hybridized carbons (Fsp3) is 0.333. The molecular formula is C27H19Br2Cl2FN2O5. The van der Waals surface area contributed by atoms with Crippen molar-refractivity contribution in [1.29, 1.82) is 0 Å². The van der Waals surface area contributed by atoms with Gasteiger partial charge in [-0.25, -0.2) is 4.39 Å². The van der Waals surface area contributed by atoms with Gasteiger partial charge in [-0.2, -0.15) is 0 Å². The van der Waals surface area contributed by atoms with E-state index in [1.54, 1.807) is 30.3 Å². The van der Waals surface area contributed by atoms with E-state index < -0.39 is 62.7 Å². The number of benzene rings is 2. The topological polar surface area (TPSA) is 95.0 Å². The highest BCUT2D eigenvalue weighted by Gasteiger charge is 2.76. The number of likely N-dealkylation sites (tertiary alicyclic amines) is 1. The molecule has 0 radical (unpaired) electrons. The van der Waals surface area contributed by atoms with Crippen molar-refractivity contribution >= 4 is 84.4 Å². The number of halogens is 5. The maximum absolute atomic E-state index is 14.6. The fourth-order valence-corrected chi connectivity index (χ4v) is 8.39. The van der Waals surface area contributed by atoms with E-state index in [0.29, 0.717) is 11.3 Å². The molecule has 3 fully saturated rings. The highest BCUT2D eigenvalue weighted by Crippen LogP contribution is 2.66. The average Bonchev–Trinajstić information content (AvgIpc) is 3.24. The minimum Gasteiger partial charge on any atom is -0.505 e. The van der Waals surface area contributed by atoms with E-state index >= 15 is 0 Å². The van der Waals surface area contributed by atoms with Crippen molar-refractivity contribution in [1.82, 2.24) is 4.90 Å². The quantitative estimate of drug-likeness (QED) is 0.206. The molecule has 6 rings (SSSR count). The van der Waals surface area contributed by atoms with E-state index in [9.17, 15) is 28.7 Å². The lowest BCUT2D eigenvalue weighted by Gasteiger charge is -2.50. The van der Waals surface area contributed by atoms with Gasteiger partial charge in [0.15, 0.2) is 21.3 Å². The van der Waals surface area contributed by atoms with E-state index in [0.717, 1.165) is 20.3 Å². The number of carbonyl (C=O) groups excluding carboxylic acids is 4. The summed E-state index contributed by atoms with van der Waals surface area (Å²) >= 11 is 20.7. The first-order valence-corrected chi connectivity index (χ1v) is 14.7. The number of amides is 4. The Kier molecular flexibility index (Phi) is 6.30. The number of allylic oxidation sites excluding steroid dienone is 2. The Labute approximate surface area is 249 Å². The largest absolute Gasteiger partial charge is 0.505 e. The average molecular weight is 701 g/mol. The molecule has 12 heteroatoms. The highest BCUT2D eigenvalue weighted by atomic mass is 79.9. The maximum Gasteiger partial charge on any atom is 0.254 e. The number of aromatic hydroxyl groups is 1. The van der Waals surface area contributed by atoms with Crippen molar-refractivity contribution in [3.63, 3.8) is 0 Å². The summed E-state index contributed by atoms with van der Waals surface area (Å²) in [6.07, 6.45) is 1.69. The van der Waals surface area contributed by atoms with Gasteiger partial charge in [-0.1, -0.05) is 55.6 Å². The Morgan fingerprint density at radius 2 is 1.69 bits per heavy atom. The molecule has 4 aliphatic rings. The lowest BCUT2D eigenvalue weighted by atomic mass is 9.56. The first kappa shape index (κ1) is 26.9. The Morgan fingerprint density at radius 3 is 2.36 bits per heavy atom. The van der Waals surface area contributed by atoms with Crippen LogP contribution in [0.25, 0.3) is 0 Å². The number of imide groups is 2. The van der Waals surface area contributed by atoms with Gasteiger partial charge in [0.05, 0.1) is 23.0 Å². The Bertz CT molecular complexity index is 1500. The third-order valence-electron chi connectivity index (χ3n) is 8.43. The Hall–Kier alpha value is -2.27.